The van der Waals surface area contributed by atoms with Crippen molar-refractivity contribution in [1.82, 2.24) is 5.32 Å². The number of hydrogen-bond donors (Lipinski definition) is 2. The van der Waals surface area contributed by atoms with Crippen molar-refractivity contribution in [3.05, 3.63) is 35.4 Å². The van der Waals surface area contributed by atoms with Crippen molar-refractivity contribution in [1.29, 1.82) is 0 Å². The molecule has 1 aromatic rings. The third-order valence-electron chi connectivity index (χ3n) is 2.57. The van der Waals surface area contributed by atoms with Gasteiger partial charge in [0.25, 0.3) is 5.91 Å². The van der Waals surface area contributed by atoms with Gasteiger partial charge in [-0.1, -0.05) is 0 Å². The number of carboxylic acid groups (broad SMARTS) is 1. The Kier molecular flexibility index (Phi) is 5.54. The van der Waals surface area contributed by atoms with Crippen LogP contribution in [0, 0.1) is 0 Å². The second-order valence-corrected chi connectivity index (χ2v) is 4.21. The number of nitrogens with one attached hydrogen (secondary N) is 1. The highest BCUT2D eigenvalue weighted by Crippen LogP contribution is 2.21. The predicted octanol–water partition coefficient (Wildman–Crippen LogP) is 2.85. The molecule has 2 N–H and O–H groups in total. The summed E-state index contributed by atoms with van der Waals surface area (Å²) in [5.41, 5.74) is 0.331. The van der Waals surface area contributed by atoms with Crippen molar-refractivity contribution in [3.63, 3.8) is 0 Å². The van der Waals surface area contributed by atoms with Gasteiger partial charge in [-0.2, -0.15) is 13.2 Å². The van der Waals surface area contributed by atoms with Gasteiger partial charge in [0, 0.05) is 18.5 Å². The molecule has 0 spiro atoms. The molecule has 1 amide bonds. The third-order valence-corrected chi connectivity index (χ3v) is 2.57. The van der Waals surface area contributed by atoms with Gasteiger partial charge in [0.1, 0.15) is 0 Å². The quantitative estimate of drug-likeness (QED) is 0.791. The van der Waals surface area contributed by atoms with Gasteiger partial charge < -0.3 is 10.4 Å². The highest BCUT2D eigenvalue weighted by molar-refractivity contribution is 5.95. The lowest BCUT2D eigenvalue weighted by Gasteiger charge is -2.07. The zero-order valence-corrected chi connectivity index (χ0v) is 10.5. The molecule has 0 aromatic heterocycles. The Bertz CT molecular complexity index is 469. The van der Waals surface area contributed by atoms with Gasteiger partial charge in [0.05, 0.1) is 5.56 Å². The molecule has 1 aromatic carbocycles. The molecular formula is C13H14F3NO3. The number of alkyl halides is 3. The van der Waals surface area contributed by atoms with Gasteiger partial charge in [-0.25, -0.2) is 4.79 Å². The minimum atomic E-state index is -4.17. The number of carbonyl (C=O) groups is 2. The second kappa shape index (κ2) is 6.93. The maximum absolute atomic E-state index is 11.9. The van der Waals surface area contributed by atoms with Crippen LogP contribution in [0.3, 0.4) is 0 Å². The van der Waals surface area contributed by atoms with Crippen molar-refractivity contribution in [2.45, 2.75) is 25.4 Å². The lowest BCUT2D eigenvalue weighted by molar-refractivity contribution is -0.135. The fourth-order valence-electron chi connectivity index (χ4n) is 1.52. The Hall–Kier alpha value is -2.05. The monoisotopic (exact) mass is 289 g/mol. The molecule has 0 aliphatic heterocycles. The van der Waals surface area contributed by atoms with Gasteiger partial charge in [-0.05, 0) is 37.1 Å². The van der Waals surface area contributed by atoms with E-state index in [0.29, 0.717) is 0 Å². The van der Waals surface area contributed by atoms with E-state index in [-0.39, 0.29) is 30.5 Å². The Morgan fingerprint density at radius 1 is 1.05 bits per heavy atom. The number of unbranched alkanes of at least 4 members (excludes halogenated alkanes) is 1. The molecule has 0 fully saturated rings. The van der Waals surface area contributed by atoms with Crippen LogP contribution in [0.15, 0.2) is 24.3 Å². The van der Waals surface area contributed by atoms with Gasteiger partial charge in [-0.15, -0.1) is 0 Å². The van der Waals surface area contributed by atoms with Crippen LogP contribution in [-0.2, 0) is 0 Å². The average Bonchev–Trinajstić information content (AvgIpc) is 2.37. The van der Waals surface area contributed by atoms with E-state index in [0.717, 1.165) is 0 Å². The first kappa shape index (κ1) is 16.0. The SMILES string of the molecule is O=C(O)c1ccc(C(=O)NCCCCC(F)(F)F)cc1. The Morgan fingerprint density at radius 3 is 2.10 bits per heavy atom. The predicted molar refractivity (Wildman–Crippen MR) is 65.6 cm³/mol. The molecule has 0 aliphatic rings. The van der Waals surface area contributed by atoms with E-state index in [1.54, 1.807) is 0 Å². The molecule has 0 radical (unpaired) electrons. The molecule has 0 saturated carbocycles. The molecule has 4 nitrogen and oxygen atoms in total. The summed E-state index contributed by atoms with van der Waals surface area (Å²) in [7, 11) is 0. The highest BCUT2D eigenvalue weighted by Gasteiger charge is 2.25. The number of rotatable bonds is 6. The summed E-state index contributed by atoms with van der Waals surface area (Å²) in [5.74, 6) is -1.53. The maximum Gasteiger partial charge on any atom is 0.389 e. The average molecular weight is 289 g/mol. The van der Waals surface area contributed by atoms with E-state index in [4.69, 9.17) is 5.11 Å². The van der Waals surface area contributed by atoms with E-state index < -0.39 is 24.5 Å². The summed E-state index contributed by atoms with van der Waals surface area (Å²) in [5, 5.41) is 11.2. The van der Waals surface area contributed by atoms with E-state index in [2.05, 4.69) is 5.32 Å². The van der Waals surface area contributed by atoms with Crippen LogP contribution < -0.4 is 5.32 Å². The van der Waals surface area contributed by atoms with E-state index in [1.165, 1.54) is 24.3 Å². The normalized spacial score (nSPS) is 11.2. The molecule has 0 heterocycles. The van der Waals surface area contributed by atoms with Crippen LogP contribution in [0.25, 0.3) is 0 Å². The molecule has 7 heteroatoms. The lowest BCUT2D eigenvalue weighted by atomic mass is 10.1. The minimum Gasteiger partial charge on any atom is -0.478 e. The smallest absolute Gasteiger partial charge is 0.389 e. The zero-order chi connectivity index (χ0) is 15.2. The fourth-order valence-corrected chi connectivity index (χ4v) is 1.52. The summed E-state index contributed by atoms with van der Waals surface area (Å²) in [6.07, 6.45) is -4.84. The zero-order valence-electron chi connectivity index (χ0n) is 10.5. The van der Waals surface area contributed by atoms with Crippen molar-refractivity contribution < 1.29 is 27.9 Å². The molecule has 110 valence electrons. The van der Waals surface area contributed by atoms with Crippen LogP contribution in [0.5, 0.6) is 0 Å². The maximum atomic E-state index is 11.9. The Morgan fingerprint density at radius 2 is 1.60 bits per heavy atom. The first-order chi connectivity index (χ1) is 9.29. The standard InChI is InChI=1S/C13H14F3NO3/c14-13(15,16)7-1-2-8-17-11(18)9-3-5-10(6-4-9)12(19)20/h3-6H,1-2,7-8H2,(H,17,18)(H,19,20). The molecule has 0 unspecified atom stereocenters. The number of benzene rings is 1. The van der Waals surface area contributed by atoms with Crippen LogP contribution in [0.4, 0.5) is 13.2 Å². The Labute approximate surface area is 113 Å². The molecular weight excluding hydrogens is 275 g/mol. The highest BCUT2D eigenvalue weighted by atomic mass is 19.4. The van der Waals surface area contributed by atoms with Crippen molar-refractivity contribution in [2.75, 3.05) is 6.54 Å². The molecule has 0 bridgehead atoms. The first-order valence-electron chi connectivity index (χ1n) is 5.98. The largest absolute Gasteiger partial charge is 0.478 e. The van der Waals surface area contributed by atoms with Crippen LogP contribution in [0.2, 0.25) is 0 Å². The summed E-state index contributed by atoms with van der Waals surface area (Å²) in [4.78, 5) is 22.2. The number of carboxylic acids is 1. The minimum absolute atomic E-state index is 0.0399. The third kappa shape index (κ3) is 5.73. The van der Waals surface area contributed by atoms with Gasteiger partial charge >= 0.3 is 12.1 Å². The molecule has 0 saturated heterocycles. The van der Waals surface area contributed by atoms with Gasteiger partial charge in [0.15, 0.2) is 0 Å². The van der Waals surface area contributed by atoms with Gasteiger partial charge in [0.2, 0.25) is 0 Å². The summed E-state index contributed by atoms with van der Waals surface area (Å²) in [6, 6.07) is 5.30. The lowest BCUT2D eigenvalue weighted by Crippen LogP contribution is -2.24. The topological polar surface area (TPSA) is 66.4 Å². The van der Waals surface area contributed by atoms with E-state index in [9.17, 15) is 22.8 Å². The molecule has 20 heavy (non-hydrogen) atoms. The second-order valence-electron chi connectivity index (χ2n) is 4.21. The van der Waals surface area contributed by atoms with E-state index in [1.807, 2.05) is 0 Å². The summed E-state index contributed by atoms with van der Waals surface area (Å²) in [6.45, 7) is 0.148. The fraction of sp³-hybridized carbons (Fsp3) is 0.385. The number of halogens is 3. The van der Waals surface area contributed by atoms with Crippen molar-refractivity contribution in [2.24, 2.45) is 0 Å². The van der Waals surface area contributed by atoms with Crippen LogP contribution >= 0.6 is 0 Å². The summed E-state index contributed by atoms with van der Waals surface area (Å²) < 4.78 is 35.6. The van der Waals surface area contributed by atoms with Crippen LogP contribution in [-0.4, -0.2) is 29.7 Å². The molecule has 1 rings (SSSR count). The van der Waals surface area contributed by atoms with E-state index >= 15 is 0 Å². The molecule has 0 aliphatic carbocycles. The number of carbonyl (C=O) groups excluding carboxylic acids is 1. The van der Waals surface area contributed by atoms with Crippen molar-refractivity contribution >= 4 is 11.9 Å². The number of hydrogen-bond acceptors (Lipinski definition) is 2. The summed E-state index contributed by atoms with van der Waals surface area (Å²) >= 11 is 0. The van der Waals surface area contributed by atoms with Crippen molar-refractivity contribution in [3.8, 4) is 0 Å². The molecule has 0 atom stereocenters. The number of aromatic carboxylic acids is 1. The number of amides is 1. The van der Waals surface area contributed by atoms with Gasteiger partial charge in [-0.3, -0.25) is 4.79 Å². The Balaban J connectivity index is 2.34. The first-order valence-corrected chi connectivity index (χ1v) is 5.98. The van der Waals surface area contributed by atoms with Crippen LogP contribution in [0.1, 0.15) is 40.0 Å².